The molecule has 1 aliphatic rings. The summed E-state index contributed by atoms with van der Waals surface area (Å²) in [4.78, 5) is 10.9. The molecule has 0 amide bonds. The molecule has 0 radical (unpaired) electrons. The van der Waals surface area contributed by atoms with Crippen molar-refractivity contribution in [2.75, 3.05) is 0 Å². The van der Waals surface area contributed by atoms with Gasteiger partial charge in [-0.25, -0.2) is 0 Å². The molecule has 1 rings (SSSR count). The molecule has 52 valence electrons. The fourth-order valence-corrected chi connectivity index (χ4v) is 1.72. The highest BCUT2D eigenvalue weighted by Crippen LogP contribution is 2.33. The fraction of sp³-hybridized carbons (Fsp3) is 0.833. The van der Waals surface area contributed by atoms with Crippen molar-refractivity contribution < 1.29 is 9.53 Å². The average molecular weight is 240 g/mol. The number of carbonyl (C=O) groups is 1. The van der Waals surface area contributed by atoms with E-state index in [-0.39, 0.29) is 15.5 Å². The Labute approximate surface area is 68.1 Å². The summed E-state index contributed by atoms with van der Waals surface area (Å²) in [5.74, 6) is -0.0735. The quantitative estimate of drug-likeness (QED) is 0.364. The van der Waals surface area contributed by atoms with Gasteiger partial charge in [-0.1, -0.05) is 22.6 Å². The zero-order valence-electron chi connectivity index (χ0n) is 5.48. The van der Waals surface area contributed by atoms with Crippen molar-refractivity contribution in [1.29, 1.82) is 0 Å². The molecule has 0 saturated carbocycles. The van der Waals surface area contributed by atoms with Crippen LogP contribution in [0.5, 0.6) is 0 Å². The lowest BCUT2D eigenvalue weighted by atomic mass is 10.1. The molecular formula is C6H9IO2. The minimum atomic E-state index is -0.267. The number of alkyl halides is 1. The van der Waals surface area contributed by atoms with Crippen LogP contribution in [0.2, 0.25) is 0 Å². The Kier molecular flexibility index (Phi) is 1.71. The largest absolute Gasteiger partial charge is 0.462 e. The van der Waals surface area contributed by atoms with Crippen LogP contribution in [0.4, 0.5) is 0 Å². The Balaban J connectivity index is 2.70. The van der Waals surface area contributed by atoms with Gasteiger partial charge < -0.3 is 4.74 Å². The summed E-state index contributed by atoms with van der Waals surface area (Å²) in [6.07, 6.45) is 0.950. The number of carbonyl (C=O) groups excluding carboxylic acids is 1. The van der Waals surface area contributed by atoms with Crippen molar-refractivity contribution >= 4 is 28.6 Å². The summed E-state index contributed by atoms with van der Waals surface area (Å²) in [5.41, 5.74) is 0. The minimum Gasteiger partial charge on any atom is -0.462 e. The molecule has 2 unspecified atom stereocenters. The topological polar surface area (TPSA) is 26.3 Å². The molecular weight excluding hydrogens is 231 g/mol. The standard InChI is InChI=1S/C6H9IO2/c1-4-3-6(2,7)5(8)9-4/h4H,3H2,1-2H3. The van der Waals surface area contributed by atoms with Crippen molar-refractivity contribution in [3.05, 3.63) is 0 Å². The van der Waals surface area contributed by atoms with E-state index < -0.39 is 0 Å². The van der Waals surface area contributed by atoms with Crippen LogP contribution in [0.3, 0.4) is 0 Å². The molecule has 3 heteroatoms. The van der Waals surface area contributed by atoms with Crippen LogP contribution in [0.1, 0.15) is 20.3 Å². The molecule has 2 nitrogen and oxygen atoms in total. The van der Waals surface area contributed by atoms with Gasteiger partial charge >= 0.3 is 5.97 Å². The van der Waals surface area contributed by atoms with Crippen molar-refractivity contribution in [3.8, 4) is 0 Å². The van der Waals surface area contributed by atoms with Crippen LogP contribution in [-0.4, -0.2) is 15.5 Å². The van der Waals surface area contributed by atoms with Crippen LogP contribution in [0, 0.1) is 0 Å². The van der Waals surface area contributed by atoms with Gasteiger partial charge in [0.1, 0.15) is 9.53 Å². The molecule has 0 aromatic heterocycles. The van der Waals surface area contributed by atoms with E-state index in [1.165, 1.54) is 0 Å². The molecule has 0 aliphatic carbocycles. The molecule has 1 aliphatic heterocycles. The number of ether oxygens (including phenoxy) is 1. The van der Waals surface area contributed by atoms with Gasteiger partial charge in [-0.3, -0.25) is 4.79 Å². The summed E-state index contributed by atoms with van der Waals surface area (Å²) < 4.78 is 4.66. The van der Waals surface area contributed by atoms with Crippen LogP contribution >= 0.6 is 22.6 Å². The predicted octanol–water partition coefficient (Wildman–Crippen LogP) is 1.52. The highest BCUT2D eigenvalue weighted by molar-refractivity contribution is 14.1. The Morgan fingerprint density at radius 2 is 2.44 bits per heavy atom. The Morgan fingerprint density at radius 1 is 1.89 bits per heavy atom. The van der Waals surface area contributed by atoms with Crippen LogP contribution in [0.25, 0.3) is 0 Å². The molecule has 0 spiro atoms. The summed E-state index contributed by atoms with van der Waals surface area (Å²) in [5, 5.41) is 0. The molecule has 0 N–H and O–H groups in total. The van der Waals surface area contributed by atoms with Gasteiger partial charge in [0.2, 0.25) is 0 Å². The van der Waals surface area contributed by atoms with Gasteiger partial charge in [0.05, 0.1) is 0 Å². The summed E-state index contributed by atoms with van der Waals surface area (Å²) in [7, 11) is 0. The Morgan fingerprint density at radius 3 is 2.56 bits per heavy atom. The first-order valence-corrected chi connectivity index (χ1v) is 4.00. The zero-order chi connectivity index (χ0) is 7.07. The van der Waals surface area contributed by atoms with E-state index in [0.717, 1.165) is 6.42 Å². The van der Waals surface area contributed by atoms with Crippen molar-refractivity contribution in [1.82, 2.24) is 0 Å². The number of cyclic esters (lactones) is 1. The fourth-order valence-electron chi connectivity index (χ4n) is 0.970. The molecule has 0 aromatic rings. The maximum Gasteiger partial charge on any atom is 0.322 e. The van der Waals surface area contributed by atoms with E-state index in [2.05, 4.69) is 22.6 Å². The third kappa shape index (κ3) is 1.36. The van der Waals surface area contributed by atoms with Crippen LogP contribution in [-0.2, 0) is 9.53 Å². The second-order valence-electron chi connectivity index (χ2n) is 2.62. The lowest BCUT2D eigenvalue weighted by Gasteiger charge is -2.05. The van der Waals surface area contributed by atoms with E-state index in [1.807, 2.05) is 13.8 Å². The summed E-state index contributed by atoms with van der Waals surface area (Å²) >= 11 is 2.13. The van der Waals surface area contributed by atoms with Gasteiger partial charge in [0.25, 0.3) is 0 Å². The number of rotatable bonds is 0. The second-order valence-corrected chi connectivity index (χ2v) is 5.00. The monoisotopic (exact) mass is 240 g/mol. The number of hydrogen-bond acceptors (Lipinski definition) is 2. The zero-order valence-corrected chi connectivity index (χ0v) is 7.64. The molecule has 0 bridgehead atoms. The maximum absolute atomic E-state index is 10.9. The summed E-state index contributed by atoms with van der Waals surface area (Å²) in [6, 6.07) is 0. The van der Waals surface area contributed by atoms with Gasteiger partial charge in [-0.2, -0.15) is 0 Å². The Bertz CT molecular complexity index is 142. The second kappa shape index (κ2) is 2.11. The smallest absolute Gasteiger partial charge is 0.322 e. The van der Waals surface area contributed by atoms with Crippen molar-refractivity contribution in [2.24, 2.45) is 0 Å². The first-order chi connectivity index (χ1) is 4.02. The lowest BCUT2D eigenvalue weighted by molar-refractivity contribution is -0.141. The van der Waals surface area contributed by atoms with E-state index in [0.29, 0.717) is 0 Å². The highest BCUT2D eigenvalue weighted by Gasteiger charge is 2.41. The van der Waals surface area contributed by atoms with E-state index in [1.54, 1.807) is 0 Å². The first-order valence-electron chi connectivity index (χ1n) is 2.92. The molecule has 2 atom stereocenters. The molecule has 1 fully saturated rings. The SMILES string of the molecule is CC1CC(C)(I)C(=O)O1. The van der Waals surface area contributed by atoms with E-state index in [4.69, 9.17) is 4.74 Å². The highest BCUT2D eigenvalue weighted by atomic mass is 127. The van der Waals surface area contributed by atoms with E-state index >= 15 is 0 Å². The number of halogens is 1. The van der Waals surface area contributed by atoms with Gasteiger partial charge in [0, 0.05) is 6.42 Å². The Hall–Kier alpha value is 0.200. The van der Waals surface area contributed by atoms with Gasteiger partial charge in [0.15, 0.2) is 0 Å². The molecule has 0 aromatic carbocycles. The normalized spacial score (nSPS) is 43.0. The van der Waals surface area contributed by atoms with Crippen LogP contribution in [0.15, 0.2) is 0 Å². The molecule has 1 saturated heterocycles. The lowest BCUT2D eigenvalue weighted by Crippen LogP contribution is -2.20. The summed E-state index contributed by atoms with van der Waals surface area (Å²) in [6.45, 7) is 3.82. The average Bonchev–Trinajstić information content (AvgIpc) is 1.79. The first kappa shape index (κ1) is 7.31. The maximum atomic E-state index is 10.9. The third-order valence-corrected chi connectivity index (χ3v) is 2.29. The van der Waals surface area contributed by atoms with Gasteiger partial charge in [-0.05, 0) is 13.8 Å². The number of esters is 1. The predicted molar refractivity (Wildman–Crippen MR) is 42.6 cm³/mol. The van der Waals surface area contributed by atoms with Crippen molar-refractivity contribution in [3.63, 3.8) is 0 Å². The van der Waals surface area contributed by atoms with Crippen molar-refractivity contribution in [2.45, 2.75) is 29.8 Å². The number of hydrogen-bond donors (Lipinski definition) is 0. The minimum absolute atomic E-state index is 0.0735. The molecule has 1 heterocycles. The van der Waals surface area contributed by atoms with E-state index in [9.17, 15) is 4.79 Å². The van der Waals surface area contributed by atoms with Crippen LogP contribution < -0.4 is 0 Å². The molecule has 9 heavy (non-hydrogen) atoms. The third-order valence-electron chi connectivity index (χ3n) is 1.40. The van der Waals surface area contributed by atoms with Gasteiger partial charge in [-0.15, -0.1) is 0 Å².